The molecular weight excluding hydrogens is 140 g/mol. The highest BCUT2D eigenvalue weighted by atomic mass is 16.5. The molecule has 0 aromatic rings. The quantitative estimate of drug-likeness (QED) is 0.587. The van der Waals surface area contributed by atoms with Crippen molar-refractivity contribution in [1.29, 1.82) is 0 Å². The molecule has 0 aliphatic heterocycles. The first kappa shape index (κ1) is 10.5. The molecule has 0 N–H and O–H groups in total. The predicted octanol–water partition coefficient (Wildman–Crippen LogP) is 2.37. The molecule has 1 atom stereocenters. The molecule has 2 heteroatoms. The highest BCUT2D eigenvalue weighted by Crippen LogP contribution is 2.08. The van der Waals surface area contributed by atoms with Crippen LogP contribution in [-0.4, -0.2) is 12.1 Å². The van der Waals surface area contributed by atoms with E-state index in [2.05, 4.69) is 13.8 Å². The number of ether oxygens (including phenoxy) is 1. The molecule has 0 spiro atoms. The van der Waals surface area contributed by atoms with Crippen LogP contribution < -0.4 is 0 Å². The van der Waals surface area contributed by atoms with Gasteiger partial charge in [0.25, 0.3) is 0 Å². The van der Waals surface area contributed by atoms with Gasteiger partial charge in [0.15, 0.2) is 0 Å². The number of hydrogen-bond acceptors (Lipinski definition) is 2. The van der Waals surface area contributed by atoms with Crippen LogP contribution in [0.3, 0.4) is 0 Å². The van der Waals surface area contributed by atoms with E-state index >= 15 is 0 Å². The predicted molar refractivity (Wildman–Crippen MR) is 45.3 cm³/mol. The van der Waals surface area contributed by atoms with Crippen molar-refractivity contribution in [3.63, 3.8) is 0 Å². The summed E-state index contributed by atoms with van der Waals surface area (Å²) in [6, 6.07) is 0. The van der Waals surface area contributed by atoms with E-state index < -0.39 is 0 Å². The lowest BCUT2D eigenvalue weighted by atomic mass is 10.1. The van der Waals surface area contributed by atoms with Gasteiger partial charge in [-0.15, -0.1) is 0 Å². The van der Waals surface area contributed by atoms with Crippen LogP contribution in [0, 0.1) is 5.92 Å². The Morgan fingerprint density at radius 3 is 2.18 bits per heavy atom. The van der Waals surface area contributed by atoms with Crippen molar-refractivity contribution >= 4 is 5.97 Å². The summed E-state index contributed by atoms with van der Waals surface area (Å²) in [7, 11) is 0. The third kappa shape index (κ3) is 7.37. The summed E-state index contributed by atoms with van der Waals surface area (Å²) in [5.41, 5.74) is 0. The largest absolute Gasteiger partial charge is 0.463 e. The molecule has 2 nitrogen and oxygen atoms in total. The molecular formula is C9H18O2. The van der Waals surface area contributed by atoms with Gasteiger partial charge in [-0.3, -0.25) is 4.79 Å². The smallest absolute Gasteiger partial charge is 0.302 e. The molecule has 0 saturated heterocycles. The first-order valence-electron chi connectivity index (χ1n) is 4.19. The minimum Gasteiger partial charge on any atom is -0.463 e. The summed E-state index contributed by atoms with van der Waals surface area (Å²) < 4.78 is 4.96. The highest BCUT2D eigenvalue weighted by molar-refractivity contribution is 5.66. The molecule has 0 aromatic heterocycles. The lowest BCUT2D eigenvalue weighted by molar-refractivity contribution is -0.145. The molecule has 0 fully saturated rings. The fourth-order valence-electron chi connectivity index (χ4n) is 0.910. The average Bonchev–Trinajstić information content (AvgIpc) is 1.82. The molecule has 0 heterocycles. The molecule has 0 radical (unpaired) electrons. The highest BCUT2D eigenvalue weighted by Gasteiger charge is 2.05. The van der Waals surface area contributed by atoms with E-state index in [-0.39, 0.29) is 12.1 Å². The molecule has 66 valence electrons. The lowest BCUT2D eigenvalue weighted by Crippen LogP contribution is -2.12. The van der Waals surface area contributed by atoms with Gasteiger partial charge in [0.2, 0.25) is 0 Å². The number of esters is 1. The molecule has 11 heavy (non-hydrogen) atoms. The first-order valence-corrected chi connectivity index (χ1v) is 4.19. The molecule has 0 saturated carbocycles. The van der Waals surface area contributed by atoms with Crippen molar-refractivity contribution < 1.29 is 9.53 Å². The summed E-state index contributed by atoms with van der Waals surface area (Å²) in [6.45, 7) is 7.72. The fraction of sp³-hybridized carbons (Fsp3) is 0.889. The normalized spacial score (nSPS) is 13.2. The molecule has 0 aliphatic carbocycles. The van der Waals surface area contributed by atoms with Crippen LogP contribution >= 0.6 is 0 Å². The van der Waals surface area contributed by atoms with E-state index in [0.29, 0.717) is 5.92 Å². The minimum absolute atomic E-state index is 0.0786. The maximum atomic E-state index is 10.5. The van der Waals surface area contributed by atoms with Crippen LogP contribution in [0.15, 0.2) is 0 Å². The van der Waals surface area contributed by atoms with Crippen LogP contribution in [0.2, 0.25) is 0 Å². The fourth-order valence-corrected chi connectivity index (χ4v) is 0.910. The third-order valence-electron chi connectivity index (χ3n) is 1.52. The monoisotopic (exact) mass is 158 g/mol. The number of carbonyl (C=O) groups is 1. The summed E-state index contributed by atoms with van der Waals surface area (Å²) in [4.78, 5) is 10.5. The van der Waals surface area contributed by atoms with E-state index in [1.54, 1.807) is 0 Å². The number of carbonyl (C=O) groups excluding carboxylic acids is 1. The van der Waals surface area contributed by atoms with E-state index in [1.165, 1.54) is 6.92 Å². The summed E-state index contributed by atoms with van der Waals surface area (Å²) in [6.07, 6.45) is 2.17. The standard InChI is InChI=1S/C9H18O2/c1-7(2)5-6-8(3)11-9(4)10/h7-8H,5-6H2,1-4H3/t8-/m0/s1. The van der Waals surface area contributed by atoms with Gasteiger partial charge >= 0.3 is 5.97 Å². The van der Waals surface area contributed by atoms with Crippen LogP contribution in [0.1, 0.15) is 40.5 Å². The second kappa shape index (κ2) is 5.16. The summed E-state index contributed by atoms with van der Waals surface area (Å²) in [5.74, 6) is 0.509. The zero-order valence-electron chi connectivity index (χ0n) is 7.89. The van der Waals surface area contributed by atoms with E-state index in [1.807, 2.05) is 6.92 Å². The lowest BCUT2D eigenvalue weighted by Gasteiger charge is -2.12. The molecule has 0 unspecified atom stereocenters. The third-order valence-corrected chi connectivity index (χ3v) is 1.52. The number of hydrogen-bond donors (Lipinski definition) is 0. The van der Waals surface area contributed by atoms with Gasteiger partial charge in [0.1, 0.15) is 0 Å². The van der Waals surface area contributed by atoms with Crippen molar-refractivity contribution in [2.24, 2.45) is 5.92 Å². The number of rotatable bonds is 4. The second-order valence-corrected chi connectivity index (χ2v) is 3.39. The molecule has 0 aliphatic rings. The SMILES string of the molecule is CC(=O)O[C@@H](C)CCC(C)C. The molecule has 0 amide bonds. The average molecular weight is 158 g/mol. The van der Waals surface area contributed by atoms with Gasteiger partial charge in [0, 0.05) is 6.92 Å². The molecule has 0 bridgehead atoms. The topological polar surface area (TPSA) is 26.3 Å². The Labute approximate surface area is 68.9 Å². The van der Waals surface area contributed by atoms with Crippen molar-refractivity contribution in [1.82, 2.24) is 0 Å². The summed E-state index contributed by atoms with van der Waals surface area (Å²) >= 11 is 0. The Hall–Kier alpha value is -0.530. The first-order chi connectivity index (χ1) is 5.02. The Balaban J connectivity index is 3.37. The van der Waals surface area contributed by atoms with Gasteiger partial charge in [-0.05, 0) is 25.7 Å². The van der Waals surface area contributed by atoms with Gasteiger partial charge in [0.05, 0.1) is 6.10 Å². The van der Waals surface area contributed by atoms with Gasteiger partial charge < -0.3 is 4.74 Å². The van der Waals surface area contributed by atoms with Crippen molar-refractivity contribution in [3.05, 3.63) is 0 Å². The minimum atomic E-state index is -0.179. The van der Waals surface area contributed by atoms with E-state index in [9.17, 15) is 4.79 Å². The molecule has 0 rings (SSSR count). The maximum Gasteiger partial charge on any atom is 0.302 e. The van der Waals surface area contributed by atoms with Crippen LogP contribution in [-0.2, 0) is 9.53 Å². The van der Waals surface area contributed by atoms with Crippen LogP contribution in [0.5, 0.6) is 0 Å². The van der Waals surface area contributed by atoms with Crippen molar-refractivity contribution in [2.75, 3.05) is 0 Å². The van der Waals surface area contributed by atoms with Gasteiger partial charge in [-0.1, -0.05) is 13.8 Å². The zero-order chi connectivity index (χ0) is 8.85. The van der Waals surface area contributed by atoms with Crippen molar-refractivity contribution in [3.8, 4) is 0 Å². The molecule has 0 aromatic carbocycles. The Morgan fingerprint density at radius 1 is 1.27 bits per heavy atom. The van der Waals surface area contributed by atoms with Crippen molar-refractivity contribution in [2.45, 2.75) is 46.6 Å². The van der Waals surface area contributed by atoms with E-state index in [0.717, 1.165) is 12.8 Å². The maximum absolute atomic E-state index is 10.5. The van der Waals surface area contributed by atoms with Crippen LogP contribution in [0.4, 0.5) is 0 Å². The Morgan fingerprint density at radius 2 is 1.82 bits per heavy atom. The van der Waals surface area contributed by atoms with Gasteiger partial charge in [-0.25, -0.2) is 0 Å². The van der Waals surface area contributed by atoms with Gasteiger partial charge in [-0.2, -0.15) is 0 Å². The second-order valence-electron chi connectivity index (χ2n) is 3.39. The Kier molecular flexibility index (Phi) is 4.92. The Bertz CT molecular complexity index is 119. The summed E-state index contributed by atoms with van der Waals surface area (Å²) in [5, 5.41) is 0. The van der Waals surface area contributed by atoms with E-state index in [4.69, 9.17) is 4.74 Å². The van der Waals surface area contributed by atoms with Crippen LogP contribution in [0.25, 0.3) is 0 Å². The zero-order valence-corrected chi connectivity index (χ0v) is 7.89.